The van der Waals surface area contributed by atoms with E-state index >= 15 is 0 Å². The first kappa shape index (κ1) is 16.9. The molecule has 0 saturated heterocycles. The van der Waals surface area contributed by atoms with Crippen LogP contribution >= 0.6 is 0 Å². The molecule has 2 heterocycles. The average molecular weight is 320 g/mol. The van der Waals surface area contributed by atoms with Crippen LogP contribution in [0.15, 0.2) is 6.07 Å². The maximum absolute atomic E-state index is 12.0. The van der Waals surface area contributed by atoms with Crippen LogP contribution in [-0.2, 0) is 18.4 Å². The van der Waals surface area contributed by atoms with Gasteiger partial charge in [0.05, 0.1) is 17.9 Å². The van der Waals surface area contributed by atoms with Gasteiger partial charge in [0, 0.05) is 25.4 Å². The molecule has 126 valence electrons. The van der Waals surface area contributed by atoms with Gasteiger partial charge in [0.15, 0.2) is 5.82 Å². The van der Waals surface area contributed by atoms with E-state index in [1.807, 2.05) is 6.07 Å². The number of urea groups is 1. The summed E-state index contributed by atoms with van der Waals surface area (Å²) in [6, 6.07) is 1.88. The van der Waals surface area contributed by atoms with Gasteiger partial charge in [0.2, 0.25) is 0 Å². The Balaban J connectivity index is 1.73. The number of hydrogen-bond acceptors (Lipinski definition) is 5. The molecule has 0 aliphatic rings. The first-order valence-corrected chi connectivity index (χ1v) is 7.62. The fourth-order valence-electron chi connectivity index (χ4n) is 2.02. The number of aromatic nitrogens is 6. The lowest BCUT2D eigenvalue weighted by Crippen LogP contribution is -2.37. The Labute approximate surface area is 135 Å². The smallest absolute Gasteiger partial charge is 0.317 e. The maximum atomic E-state index is 12.0. The maximum Gasteiger partial charge on any atom is 0.317 e. The molecule has 0 unspecified atom stereocenters. The van der Waals surface area contributed by atoms with E-state index in [4.69, 9.17) is 0 Å². The van der Waals surface area contributed by atoms with Crippen molar-refractivity contribution in [1.82, 2.24) is 41.0 Å². The lowest BCUT2D eigenvalue weighted by atomic mass is 9.92. The van der Waals surface area contributed by atoms with Crippen LogP contribution < -0.4 is 5.32 Å². The quantitative estimate of drug-likeness (QED) is 0.687. The Bertz CT molecular complexity index is 613. The van der Waals surface area contributed by atoms with Crippen molar-refractivity contribution in [3.8, 4) is 0 Å². The molecule has 2 aromatic rings. The fraction of sp³-hybridized carbons (Fsp3) is 0.643. The minimum atomic E-state index is -0.120. The van der Waals surface area contributed by atoms with Gasteiger partial charge in [0.25, 0.3) is 0 Å². The van der Waals surface area contributed by atoms with Crippen LogP contribution in [0.4, 0.5) is 4.79 Å². The number of carbonyl (C=O) groups is 1. The predicted molar refractivity (Wildman–Crippen MR) is 84.7 cm³/mol. The summed E-state index contributed by atoms with van der Waals surface area (Å²) in [5.74, 6) is 0.653. The van der Waals surface area contributed by atoms with Gasteiger partial charge in [-0.1, -0.05) is 26.0 Å². The lowest BCUT2D eigenvalue weighted by molar-refractivity contribution is 0.206. The summed E-state index contributed by atoms with van der Waals surface area (Å²) < 4.78 is 0. The van der Waals surface area contributed by atoms with Gasteiger partial charge < -0.3 is 10.2 Å². The van der Waals surface area contributed by atoms with E-state index in [1.165, 1.54) is 0 Å². The van der Waals surface area contributed by atoms with Gasteiger partial charge >= 0.3 is 6.03 Å². The van der Waals surface area contributed by atoms with E-state index in [9.17, 15) is 4.79 Å². The van der Waals surface area contributed by atoms with E-state index in [0.29, 0.717) is 25.3 Å². The van der Waals surface area contributed by atoms with Crippen molar-refractivity contribution in [2.75, 3.05) is 13.6 Å². The molecule has 0 saturated carbocycles. The largest absolute Gasteiger partial charge is 0.338 e. The third kappa shape index (κ3) is 5.04. The Morgan fingerprint density at radius 2 is 2.13 bits per heavy atom. The highest BCUT2D eigenvalue weighted by Gasteiger charge is 2.18. The summed E-state index contributed by atoms with van der Waals surface area (Å²) in [5.41, 5.74) is 1.89. The number of aromatic amines is 2. The minimum Gasteiger partial charge on any atom is -0.338 e. The van der Waals surface area contributed by atoms with Crippen LogP contribution in [0.3, 0.4) is 0 Å². The van der Waals surface area contributed by atoms with Crippen molar-refractivity contribution < 1.29 is 4.79 Å². The van der Waals surface area contributed by atoms with Crippen molar-refractivity contribution in [3.63, 3.8) is 0 Å². The molecule has 9 nitrogen and oxygen atoms in total. The van der Waals surface area contributed by atoms with Crippen LogP contribution in [0.2, 0.25) is 0 Å². The van der Waals surface area contributed by atoms with Crippen molar-refractivity contribution in [2.45, 2.75) is 45.6 Å². The fourth-order valence-corrected chi connectivity index (χ4v) is 2.02. The predicted octanol–water partition coefficient (Wildman–Crippen LogP) is 0.994. The Hall–Kier alpha value is -2.45. The number of carbonyl (C=O) groups excluding carboxylic acids is 1. The van der Waals surface area contributed by atoms with Crippen molar-refractivity contribution in [3.05, 3.63) is 23.3 Å². The molecule has 0 radical (unpaired) electrons. The highest BCUT2D eigenvalue weighted by molar-refractivity contribution is 5.73. The number of tetrazole rings is 1. The molecule has 0 aliphatic heterocycles. The molecule has 0 bridgehead atoms. The topological polar surface area (TPSA) is 115 Å². The van der Waals surface area contributed by atoms with Gasteiger partial charge in [-0.2, -0.15) is 10.3 Å². The molecule has 9 heteroatoms. The second kappa shape index (κ2) is 7.21. The van der Waals surface area contributed by atoms with Gasteiger partial charge in [-0.15, -0.1) is 10.2 Å². The Kier molecular flexibility index (Phi) is 5.30. The first-order valence-electron chi connectivity index (χ1n) is 7.62. The first-order chi connectivity index (χ1) is 10.9. The summed E-state index contributed by atoms with van der Waals surface area (Å²) in [7, 11) is 1.76. The van der Waals surface area contributed by atoms with Crippen LogP contribution in [0.5, 0.6) is 0 Å². The molecule has 0 aliphatic carbocycles. The number of aryl methyl sites for hydroxylation is 1. The zero-order valence-corrected chi connectivity index (χ0v) is 14.1. The third-order valence-corrected chi connectivity index (χ3v) is 3.40. The Morgan fingerprint density at radius 3 is 2.74 bits per heavy atom. The zero-order chi connectivity index (χ0) is 16.9. The second-order valence-electron chi connectivity index (χ2n) is 6.55. The van der Waals surface area contributed by atoms with Crippen LogP contribution in [0, 0.1) is 0 Å². The summed E-state index contributed by atoms with van der Waals surface area (Å²) in [6.07, 6.45) is 1.44. The van der Waals surface area contributed by atoms with E-state index in [2.05, 4.69) is 56.9 Å². The number of amides is 2. The number of hydrogen-bond donors (Lipinski definition) is 3. The van der Waals surface area contributed by atoms with Crippen molar-refractivity contribution in [1.29, 1.82) is 0 Å². The molecule has 0 spiro atoms. The molecule has 23 heavy (non-hydrogen) atoms. The highest BCUT2D eigenvalue weighted by atomic mass is 16.2. The van der Waals surface area contributed by atoms with Gasteiger partial charge in [-0.3, -0.25) is 5.10 Å². The summed E-state index contributed by atoms with van der Waals surface area (Å²) in [6.45, 7) is 7.36. The third-order valence-electron chi connectivity index (χ3n) is 3.40. The van der Waals surface area contributed by atoms with Gasteiger partial charge in [0.1, 0.15) is 0 Å². The highest BCUT2D eigenvalue weighted by Crippen LogP contribution is 2.20. The molecule has 2 rings (SSSR count). The molecule has 0 atom stereocenters. The number of H-pyrrole nitrogens is 2. The van der Waals surface area contributed by atoms with Gasteiger partial charge in [-0.25, -0.2) is 4.79 Å². The normalized spacial score (nSPS) is 11.5. The molecular weight excluding hydrogens is 296 g/mol. The number of nitrogens with one attached hydrogen (secondary N) is 3. The van der Waals surface area contributed by atoms with Crippen molar-refractivity contribution >= 4 is 6.03 Å². The van der Waals surface area contributed by atoms with E-state index < -0.39 is 0 Å². The molecule has 2 aromatic heterocycles. The average Bonchev–Trinajstić information content (AvgIpc) is 3.13. The van der Waals surface area contributed by atoms with Crippen LogP contribution in [0.25, 0.3) is 0 Å². The standard InChI is InChI=1S/C14H24N8O/c1-14(2,3)11-8-10(16-17-11)9-22(4)13(23)15-7-5-6-12-18-20-21-19-12/h8H,5-7,9H2,1-4H3,(H,15,23)(H,16,17)(H,18,19,20,21). The molecular formula is C14H24N8O. The molecule has 0 aromatic carbocycles. The summed E-state index contributed by atoms with van der Waals surface area (Å²) >= 11 is 0. The van der Waals surface area contributed by atoms with E-state index in [1.54, 1.807) is 11.9 Å². The summed E-state index contributed by atoms with van der Waals surface area (Å²) in [4.78, 5) is 13.7. The zero-order valence-electron chi connectivity index (χ0n) is 14.1. The van der Waals surface area contributed by atoms with Crippen LogP contribution in [-0.4, -0.2) is 55.3 Å². The van der Waals surface area contributed by atoms with E-state index in [0.717, 1.165) is 17.8 Å². The lowest BCUT2D eigenvalue weighted by Gasteiger charge is -2.17. The molecule has 3 N–H and O–H groups in total. The monoisotopic (exact) mass is 320 g/mol. The SMILES string of the molecule is CN(Cc1cc(C(C)(C)C)n[nH]1)C(=O)NCCCc1nn[nH]n1. The number of nitrogens with zero attached hydrogens (tertiary/aromatic N) is 5. The number of rotatable bonds is 6. The molecule has 0 fully saturated rings. The van der Waals surface area contributed by atoms with E-state index in [-0.39, 0.29) is 11.4 Å². The minimum absolute atomic E-state index is 0.00919. The van der Waals surface area contributed by atoms with Gasteiger partial charge in [-0.05, 0) is 12.5 Å². The second-order valence-corrected chi connectivity index (χ2v) is 6.55. The molecule has 2 amide bonds. The van der Waals surface area contributed by atoms with Crippen molar-refractivity contribution in [2.24, 2.45) is 0 Å². The Morgan fingerprint density at radius 1 is 1.35 bits per heavy atom. The summed E-state index contributed by atoms with van der Waals surface area (Å²) in [5, 5.41) is 23.8. The van der Waals surface area contributed by atoms with Crippen LogP contribution in [0.1, 0.15) is 44.4 Å².